The molecule has 1 aromatic carbocycles. The number of hydrogen-bond donors (Lipinski definition) is 0. The molecule has 2 aromatic heterocycles. The van der Waals surface area contributed by atoms with Gasteiger partial charge in [0.05, 0.1) is 6.04 Å². The number of nitrogens with zero attached hydrogens (tertiary/aromatic N) is 2. The van der Waals surface area contributed by atoms with Crippen LogP contribution in [0.2, 0.25) is 0 Å². The normalized spacial score (nSPS) is 16.8. The van der Waals surface area contributed by atoms with Crippen LogP contribution in [-0.4, -0.2) is 21.9 Å². The summed E-state index contributed by atoms with van der Waals surface area (Å²) < 4.78 is 15.0. The van der Waals surface area contributed by atoms with Crippen LogP contribution in [0.1, 0.15) is 33.9 Å². The van der Waals surface area contributed by atoms with Crippen molar-refractivity contribution in [2.75, 3.05) is 6.54 Å². The van der Waals surface area contributed by atoms with Gasteiger partial charge in [0.25, 0.3) is 5.91 Å². The van der Waals surface area contributed by atoms with Crippen molar-refractivity contribution in [2.24, 2.45) is 7.05 Å². The van der Waals surface area contributed by atoms with Gasteiger partial charge in [-0.15, -0.1) is 11.3 Å². The zero-order valence-electron chi connectivity index (χ0n) is 14.2. The Morgan fingerprint density at radius 2 is 1.92 bits per heavy atom. The van der Waals surface area contributed by atoms with Gasteiger partial charge in [0.1, 0.15) is 11.5 Å². The third kappa shape index (κ3) is 2.68. The lowest BCUT2D eigenvalue weighted by Gasteiger charge is -2.33. The Bertz CT molecular complexity index is 926. The molecule has 0 saturated carbocycles. The van der Waals surface area contributed by atoms with Gasteiger partial charge in [-0.2, -0.15) is 0 Å². The van der Waals surface area contributed by atoms with E-state index in [0.717, 1.165) is 24.2 Å². The molecule has 0 unspecified atom stereocenters. The summed E-state index contributed by atoms with van der Waals surface area (Å²) in [5.74, 6) is -0.219. The number of thiophene rings is 1. The number of fused-ring (bicyclic) bond motifs is 1. The fraction of sp³-hybridized carbons (Fsp3) is 0.250. The van der Waals surface area contributed by atoms with E-state index < -0.39 is 0 Å². The highest BCUT2D eigenvalue weighted by atomic mass is 32.1. The standard InChI is InChI=1S/C20H19FN2OS/c1-13-16-10-12-25-19(16)9-11-23(13)20(24)18-8-7-17(22(18)2)14-3-5-15(21)6-4-14/h3-8,10,12-13H,9,11H2,1-2H3/t13-/m0/s1. The van der Waals surface area contributed by atoms with Crippen molar-refractivity contribution < 1.29 is 9.18 Å². The second-order valence-corrected chi connectivity index (χ2v) is 7.39. The summed E-state index contributed by atoms with van der Waals surface area (Å²) in [4.78, 5) is 16.4. The van der Waals surface area contributed by atoms with Crippen LogP contribution in [-0.2, 0) is 13.5 Å². The predicted octanol–water partition coefficient (Wildman–Crippen LogP) is 4.65. The van der Waals surface area contributed by atoms with E-state index in [1.165, 1.54) is 22.6 Å². The topological polar surface area (TPSA) is 25.2 Å². The highest BCUT2D eigenvalue weighted by molar-refractivity contribution is 7.10. The molecule has 0 fully saturated rings. The Morgan fingerprint density at radius 1 is 1.16 bits per heavy atom. The number of amides is 1. The number of rotatable bonds is 2. The fourth-order valence-electron chi connectivity index (χ4n) is 3.57. The first-order valence-electron chi connectivity index (χ1n) is 8.35. The molecule has 0 spiro atoms. The maximum Gasteiger partial charge on any atom is 0.270 e. The number of carbonyl (C=O) groups excluding carboxylic acids is 1. The van der Waals surface area contributed by atoms with Crippen LogP contribution in [0, 0.1) is 5.82 Å². The molecule has 1 atom stereocenters. The van der Waals surface area contributed by atoms with E-state index in [4.69, 9.17) is 0 Å². The Morgan fingerprint density at radius 3 is 2.68 bits per heavy atom. The molecule has 3 nitrogen and oxygen atoms in total. The summed E-state index contributed by atoms with van der Waals surface area (Å²) in [6.07, 6.45) is 0.915. The molecule has 25 heavy (non-hydrogen) atoms. The van der Waals surface area contributed by atoms with Gasteiger partial charge in [0, 0.05) is 24.2 Å². The van der Waals surface area contributed by atoms with Crippen LogP contribution in [0.3, 0.4) is 0 Å². The van der Waals surface area contributed by atoms with Gasteiger partial charge in [-0.25, -0.2) is 4.39 Å². The molecule has 3 aromatic rings. The van der Waals surface area contributed by atoms with E-state index in [1.54, 1.807) is 23.5 Å². The van der Waals surface area contributed by atoms with E-state index in [-0.39, 0.29) is 17.8 Å². The quantitative estimate of drug-likeness (QED) is 0.657. The molecule has 1 aliphatic rings. The minimum Gasteiger partial charge on any atom is -0.340 e. The molecule has 4 rings (SSSR count). The van der Waals surface area contributed by atoms with Crippen molar-refractivity contribution in [3.63, 3.8) is 0 Å². The van der Waals surface area contributed by atoms with Crippen LogP contribution in [0.25, 0.3) is 11.3 Å². The van der Waals surface area contributed by atoms with Gasteiger partial charge in [-0.05, 0) is 72.3 Å². The molecule has 0 aliphatic carbocycles. The highest BCUT2D eigenvalue weighted by Gasteiger charge is 2.30. The summed E-state index contributed by atoms with van der Waals surface area (Å²) in [6, 6.07) is 12.3. The van der Waals surface area contributed by atoms with Crippen LogP contribution in [0.15, 0.2) is 47.8 Å². The third-order valence-corrected chi connectivity index (χ3v) is 6.02. The molecule has 3 heterocycles. The smallest absolute Gasteiger partial charge is 0.270 e. The van der Waals surface area contributed by atoms with Gasteiger partial charge in [0.15, 0.2) is 0 Å². The van der Waals surface area contributed by atoms with Gasteiger partial charge >= 0.3 is 0 Å². The van der Waals surface area contributed by atoms with Crippen LogP contribution in [0.4, 0.5) is 4.39 Å². The zero-order valence-corrected chi connectivity index (χ0v) is 15.0. The monoisotopic (exact) mass is 354 g/mol. The van der Waals surface area contributed by atoms with E-state index in [1.807, 2.05) is 28.6 Å². The Labute approximate surface area is 150 Å². The Hall–Kier alpha value is -2.40. The third-order valence-electron chi connectivity index (χ3n) is 5.02. The van der Waals surface area contributed by atoms with Crippen LogP contribution in [0.5, 0.6) is 0 Å². The number of carbonyl (C=O) groups is 1. The fourth-order valence-corrected chi connectivity index (χ4v) is 4.53. The van der Waals surface area contributed by atoms with E-state index in [0.29, 0.717) is 5.69 Å². The van der Waals surface area contributed by atoms with Crippen molar-refractivity contribution in [3.05, 3.63) is 69.8 Å². The summed E-state index contributed by atoms with van der Waals surface area (Å²) in [6.45, 7) is 2.83. The molecule has 1 aliphatic heterocycles. The largest absolute Gasteiger partial charge is 0.340 e. The molecular formula is C20H19FN2OS. The van der Waals surface area contributed by atoms with Crippen molar-refractivity contribution in [1.29, 1.82) is 0 Å². The van der Waals surface area contributed by atoms with Crippen LogP contribution >= 0.6 is 11.3 Å². The minimum atomic E-state index is -0.261. The lowest BCUT2D eigenvalue weighted by atomic mass is 10.0. The summed E-state index contributed by atoms with van der Waals surface area (Å²) >= 11 is 1.77. The van der Waals surface area contributed by atoms with E-state index in [9.17, 15) is 9.18 Å². The predicted molar refractivity (Wildman–Crippen MR) is 98.3 cm³/mol. The number of benzene rings is 1. The lowest BCUT2D eigenvalue weighted by molar-refractivity contribution is 0.0669. The zero-order chi connectivity index (χ0) is 17.6. The van der Waals surface area contributed by atoms with Crippen molar-refractivity contribution in [2.45, 2.75) is 19.4 Å². The summed E-state index contributed by atoms with van der Waals surface area (Å²) in [5.41, 5.74) is 3.72. The van der Waals surface area contributed by atoms with Crippen molar-refractivity contribution in [1.82, 2.24) is 9.47 Å². The molecule has 0 bridgehead atoms. The van der Waals surface area contributed by atoms with Gasteiger partial charge in [-0.1, -0.05) is 0 Å². The number of hydrogen-bond acceptors (Lipinski definition) is 2. The van der Waals surface area contributed by atoms with E-state index in [2.05, 4.69) is 18.4 Å². The lowest BCUT2D eigenvalue weighted by Crippen LogP contribution is -2.39. The maximum absolute atomic E-state index is 13.2. The molecule has 0 radical (unpaired) electrons. The van der Waals surface area contributed by atoms with Crippen molar-refractivity contribution >= 4 is 17.2 Å². The maximum atomic E-state index is 13.2. The number of aromatic nitrogens is 1. The first-order valence-corrected chi connectivity index (χ1v) is 9.23. The number of halogens is 1. The molecular weight excluding hydrogens is 335 g/mol. The summed E-state index contributed by atoms with van der Waals surface area (Å²) in [7, 11) is 1.89. The summed E-state index contributed by atoms with van der Waals surface area (Å²) in [5, 5.41) is 2.10. The SMILES string of the molecule is C[C@H]1c2ccsc2CCN1C(=O)c1ccc(-c2ccc(F)cc2)n1C. The first kappa shape index (κ1) is 16.1. The first-order chi connectivity index (χ1) is 12.1. The second kappa shape index (κ2) is 6.15. The van der Waals surface area contributed by atoms with Gasteiger partial charge < -0.3 is 9.47 Å². The van der Waals surface area contributed by atoms with Gasteiger partial charge in [0.2, 0.25) is 0 Å². The molecule has 128 valence electrons. The Balaban J connectivity index is 1.65. The second-order valence-electron chi connectivity index (χ2n) is 6.39. The van der Waals surface area contributed by atoms with Crippen LogP contribution < -0.4 is 0 Å². The average molecular weight is 354 g/mol. The highest BCUT2D eigenvalue weighted by Crippen LogP contribution is 2.34. The Kier molecular flexibility index (Phi) is 3.96. The molecule has 0 N–H and O–H groups in total. The minimum absolute atomic E-state index is 0.0419. The molecule has 0 saturated heterocycles. The van der Waals surface area contributed by atoms with Crippen molar-refractivity contribution in [3.8, 4) is 11.3 Å². The average Bonchev–Trinajstić information content (AvgIpc) is 3.23. The molecule has 5 heteroatoms. The molecule has 1 amide bonds. The van der Waals surface area contributed by atoms with E-state index >= 15 is 0 Å². The van der Waals surface area contributed by atoms with Gasteiger partial charge in [-0.3, -0.25) is 4.79 Å².